The van der Waals surface area contributed by atoms with Crippen molar-refractivity contribution in [1.29, 1.82) is 0 Å². The van der Waals surface area contributed by atoms with Crippen LogP contribution in [0.15, 0.2) is 48.5 Å². The summed E-state index contributed by atoms with van der Waals surface area (Å²) in [5.74, 6) is -0.139. The highest BCUT2D eigenvalue weighted by Crippen LogP contribution is 2.08. The summed E-state index contributed by atoms with van der Waals surface area (Å²) in [4.78, 5) is 25.6. The van der Waals surface area contributed by atoms with Crippen molar-refractivity contribution >= 4 is 24.2 Å². The predicted molar refractivity (Wildman–Crippen MR) is 102 cm³/mol. The molecule has 0 atom stereocenters. The van der Waals surface area contributed by atoms with Crippen LogP contribution in [0.5, 0.6) is 0 Å². The maximum atomic E-state index is 12.1. The molecule has 134 valence electrons. The molecular formula is C19H24ClN3O2. The van der Waals surface area contributed by atoms with Gasteiger partial charge in [-0.05, 0) is 41.8 Å². The number of amides is 2. The van der Waals surface area contributed by atoms with E-state index in [1.807, 2.05) is 30.3 Å². The highest BCUT2D eigenvalue weighted by molar-refractivity contribution is 5.94. The number of carbonyl (C=O) groups excluding carboxylic acids is 2. The molecule has 2 aromatic carbocycles. The van der Waals surface area contributed by atoms with Gasteiger partial charge in [-0.2, -0.15) is 0 Å². The molecule has 0 aliphatic rings. The van der Waals surface area contributed by atoms with Crippen molar-refractivity contribution in [3.05, 3.63) is 70.8 Å². The van der Waals surface area contributed by atoms with Gasteiger partial charge in [-0.25, -0.2) is 0 Å². The summed E-state index contributed by atoms with van der Waals surface area (Å²) < 4.78 is 0. The van der Waals surface area contributed by atoms with E-state index < -0.39 is 0 Å². The zero-order valence-corrected chi connectivity index (χ0v) is 15.3. The van der Waals surface area contributed by atoms with Crippen LogP contribution in [0.4, 0.5) is 0 Å². The van der Waals surface area contributed by atoms with Gasteiger partial charge in [0.25, 0.3) is 11.8 Å². The van der Waals surface area contributed by atoms with Crippen LogP contribution in [-0.2, 0) is 13.0 Å². The van der Waals surface area contributed by atoms with Crippen molar-refractivity contribution in [3.8, 4) is 0 Å². The van der Waals surface area contributed by atoms with E-state index in [0.717, 1.165) is 11.1 Å². The summed E-state index contributed by atoms with van der Waals surface area (Å²) in [6.07, 6.45) is 0.668. The Morgan fingerprint density at radius 1 is 1.00 bits per heavy atom. The molecule has 2 aromatic rings. The number of rotatable bonds is 6. The van der Waals surface area contributed by atoms with Gasteiger partial charge in [0.15, 0.2) is 0 Å². The van der Waals surface area contributed by atoms with Gasteiger partial charge in [0.05, 0.1) is 0 Å². The van der Waals surface area contributed by atoms with Crippen LogP contribution < -0.4 is 11.1 Å². The van der Waals surface area contributed by atoms with Gasteiger partial charge in [0.1, 0.15) is 0 Å². The van der Waals surface area contributed by atoms with E-state index in [1.165, 1.54) is 0 Å². The lowest BCUT2D eigenvalue weighted by molar-refractivity contribution is 0.0827. The summed E-state index contributed by atoms with van der Waals surface area (Å²) in [7, 11) is 3.45. The van der Waals surface area contributed by atoms with E-state index >= 15 is 0 Å². The Kier molecular flexibility index (Phi) is 8.11. The maximum absolute atomic E-state index is 12.1. The van der Waals surface area contributed by atoms with Gasteiger partial charge < -0.3 is 16.0 Å². The van der Waals surface area contributed by atoms with Crippen molar-refractivity contribution < 1.29 is 9.59 Å². The summed E-state index contributed by atoms with van der Waals surface area (Å²) in [6.45, 7) is 0.973. The molecule has 0 saturated carbocycles. The molecule has 0 spiro atoms. The molecular weight excluding hydrogens is 338 g/mol. The van der Waals surface area contributed by atoms with Gasteiger partial charge in [0, 0.05) is 38.3 Å². The minimum atomic E-state index is -0.112. The third kappa shape index (κ3) is 5.89. The topological polar surface area (TPSA) is 75.4 Å². The first kappa shape index (κ1) is 20.7. The largest absolute Gasteiger partial charge is 0.352 e. The average molecular weight is 362 g/mol. The normalized spacial score (nSPS) is 9.88. The highest BCUT2D eigenvalue weighted by Gasteiger charge is 2.09. The Bertz CT molecular complexity index is 715. The summed E-state index contributed by atoms with van der Waals surface area (Å²) >= 11 is 0. The summed E-state index contributed by atoms with van der Waals surface area (Å²) in [5, 5.41) is 2.89. The molecule has 3 N–H and O–H groups in total. The lowest BCUT2D eigenvalue weighted by atomic mass is 10.1. The van der Waals surface area contributed by atoms with Gasteiger partial charge in [-0.1, -0.05) is 24.3 Å². The smallest absolute Gasteiger partial charge is 0.253 e. The third-order valence-electron chi connectivity index (χ3n) is 3.73. The van der Waals surface area contributed by atoms with Crippen molar-refractivity contribution in [1.82, 2.24) is 10.2 Å². The third-order valence-corrected chi connectivity index (χ3v) is 3.73. The second kappa shape index (κ2) is 9.81. The molecule has 0 fully saturated rings. The van der Waals surface area contributed by atoms with Gasteiger partial charge in [-0.3, -0.25) is 9.59 Å². The number of carbonyl (C=O) groups is 2. The van der Waals surface area contributed by atoms with Crippen molar-refractivity contribution in [2.45, 2.75) is 13.0 Å². The predicted octanol–water partition coefficient (Wildman–Crippen LogP) is 2.24. The van der Waals surface area contributed by atoms with E-state index in [2.05, 4.69) is 5.32 Å². The molecule has 2 amide bonds. The van der Waals surface area contributed by atoms with Crippen LogP contribution in [0.1, 0.15) is 31.8 Å². The summed E-state index contributed by atoms with van der Waals surface area (Å²) in [6, 6.07) is 14.7. The number of hydrogen-bond acceptors (Lipinski definition) is 3. The molecule has 0 bridgehead atoms. The monoisotopic (exact) mass is 361 g/mol. The number of benzene rings is 2. The molecule has 0 radical (unpaired) electrons. The number of hydrogen-bond donors (Lipinski definition) is 2. The van der Waals surface area contributed by atoms with Gasteiger partial charge >= 0.3 is 0 Å². The molecule has 25 heavy (non-hydrogen) atoms. The quantitative estimate of drug-likeness (QED) is 0.828. The van der Waals surface area contributed by atoms with Crippen molar-refractivity contribution in [2.24, 2.45) is 5.73 Å². The van der Waals surface area contributed by atoms with Crippen molar-refractivity contribution in [2.75, 3.05) is 20.6 Å². The average Bonchev–Trinajstić information content (AvgIpc) is 2.61. The Hall–Kier alpha value is -2.37. The van der Waals surface area contributed by atoms with Crippen LogP contribution >= 0.6 is 12.4 Å². The molecule has 5 nitrogen and oxygen atoms in total. The molecule has 0 heterocycles. The number of nitrogens with zero attached hydrogens (tertiary/aromatic N) is 1. The molecule has 0 aliphatic heterocycles. The Morgan fingerprint density at radius 2 is 1.68 bits per heavy atom. The fourth-order valence-corrected chi connectivity index (χ4v) is 2.33. The highest BCUT2D eigenvalue weighted by atomic mass is 35.5. The van der Waals surface area contributed by atoms with Crippen LogP contribution in [0, 0.1) is 0 Å². The molecule has 0 saturated heterocycles. The minimum absolute atomic E-state index is 0. The Balaban J connectivity index is 0.00000312. The lowest BCUT2D eigenvalue weighted by Gasteiger charge is -2.11. The zero-order valence-electron chi connectivity index (χ0n) is 14.5. The first-order valence-corrected chi connectivity index (χ1v) is 7.89. The number of halogens is 1. The maximum Gasteiger partial charge on any atom is 0.253 e. The van der Waals surface area contributed by atoms with E-state index in [4.69, 9.17) is 5.73 Å². The van der Waals surface area contributed by atoms with Crippen LogP contribution in [0.3, 0.4) is 0 Å². The Morgan fingerprint density at radius 3 is 2.28 bits per heavy atom. The second-order valence-electron chi connectivity index (χ2n) is 5.81. The first-order valence-electron chi connectivity index (χ1n) is 7.89. The first-order chi connectivity index (χ1) is 11.5. The second-order valence-corrected chi connectivity index (χ2v) is 5.81. The minimum Gasteiger partial charge on any atom is -0.352 e. The molecule has 0 aromatic heterocycles. The number of nitrogens with one attached hydrogen (secondary N) is 1. The molecule has 2 rings (SSSR count). The van der Waals surface area contributed by atoms with Crippen LogP contribution in [0.2, 0.25) is 0 Å². The van der Waals surface area contributed by atoms with Gasteiger partial charge in [0.2, 0.25) is 0 Å². The van der Waals surface area contributed by atoms with E-state index in [1.54, 1.807) is 37.2 Å². The molecule has 6 heteroatoms. The van der Waals surface area contributed by atoms with E-state index in [0.29, 0.717) is 30.6 Å². The van der Waals surface area contributed by atoms with Crippen LogP contribution in [-0.4, -0.2) is 37.4 Å². The fourth-order valence-electron chi connectivity index (χ4n) is 2.33. The van der Waals surface area contributed by atoms with Crippen molar-refractivity contribution in [3.63, 3.8) is 0 Å². The Labute approximate surface area is 154 Å². The fraction of sp³-hybridized carbons (Fsp3) is 0.263. The standard InChI is InChI=1S/C19H23N3O2.ClH/c1-22(2)19(24)17-5-3-4-14(12-17)10-11-21-18(23)16-8-6-15(13-20)7-9-16;/h3-9,12H,10-11,13,20H2,1-2H3,(H,21,23);1H. The molecule has 0 aliphatic carbocycles. The van der Waals surface area contributed by atoms with Crippen LogP contribution in [0.25, 0.3) is 0 Å². The number of nitrogens with two attached hydrogens (primary N) is 1. The molecule has 0 unspecified atom stereocenters. The van der Waals surface area contributed by atoms with E-state index in [-0.39, 0.29) is 24.2 Å². The van der Waals surface area contributed by atoms with Gasteiger partial charge in [-0.15, -0.1) is 12.4 Å². The van der Waals surface area contributed by atoms with E-state index in [9.17, 15) is 9.59 Å². The summed E-state index contributed by atoms with van der Waals surface area (Å²) in [5.41, 5.74) is 8.82. The lowest BCUT2D eigenvalue weighted by Crippen LogP contribution is -2.26. The zero-order chi connectivity index (χ0) is 17.5. The SMILES string of the molecule is CN(C)C(=O)c1cccc(CCNC(=O)c2ccc(CN)cc2)c1.Cl.